The van der Waals surface area contributed by atoms with Crippen molar-refractivity contribution in [2.75, 3.05) is 19.8 Å². The fraction of sp³-hybridized carbons (Fsp3) is 0.833. The smallest absolute Gasteiger partial charge is 0.218 e. The lowest BCUT2D eigenvalue weighted by Gasteiger charge is -1.99. The second-order valence-corrected chi connectivity index (χ2v) is 4.43. The molecule has 5 nitrogen and oxygen atoms in total. The lowest BCUT2D eigenvalue weighted by atomic mass is 10.4. The fourth-order valence-corrected chi connectivity index (χ4v) is 1.57. The molecule has 96 valence electrons. The highest BCUT2D eigenvalue weighted by Crippen LogP contribution is 2.18. The van der Waals surface area contributed by atoms with Crippen molar-refractivity contribution in [1.29, 1.82) is 0 Å². The van der Waals surface area contributed by atoms with E-state index in [0.29, 0.717) is 18.9 Å². The van der Waals surface area contributed by atoms with Crippen molar-refractivity contribution in [3.05, 3.63) is 11.8 Å². The maximum atomic E-state index is 5.52. The molecule has 0 saturated heterocycles. The Morgan fingerprint density at radius 1 is 1.24 bits per heavy atom. The molecule has 0 aliphatic heterocycles. The summed E-state index contributed by atoms with van der Waals surface area (Å²) in [6.45, 7) is 4.48. The zero-order valence-corrected chi connectivity index (χ0v) is 10.4. The van der Waals surface area contributed by atoms with E-state index in [2.05, 4.69) is 22.4 Å². The number of nitrogens with one attached hydrogen (secondary N) is 1. The average molecular weight is 239 g/mol. The summed E-state index contributed by atoms with van der Waals surface area (Å²) in [4.78, 5) is 0. The highest BCUT2D eigenvalue weighted by atomic mass is 16.5. The molecule has 0 atom stereocenters. The van der Waals surface area contributed by atoms with Crippen molar-refractivity contribution in [3.8, 4) is 0 Å². The third-order valence-corrected chi connectivity index (χ3v) is 2.67. The van der Waals surface area contributed by atoms with E-state index in [1.54, 1.807) is 0 Å². The van der Waals surface area contributed by atoms with Gasteiger partial charge in [0.1, 0.15) is 0 Å². The van der Waals surface area contributed by atoms with Gasteiger partial charge in [-0.15, -0.1) is 10.2 Å². The van der Waals surface area contributed by atoms with Gasteiger partial charge in [0.25, 0.3) is 0 Å². The Morgan fingerprint density at radius 3 is 2.71 bits per heavy atom. The van der Waals surface area contributed by atoms with Gasteiger partial charge in [-0.05, 0) is 19.3 Å². The topological polar surface area (TPSA) is 60.2 Å². The van der Waals surface area contributed by atoms with Crippen LogP contribution in [0.2, 0.25) is 0 Å². The first-order valence-corrected chi connectivity index (χ1v) is 6.51. The Morgan fingerprint density at radius 2 is 2.00 bits per heavy atom. The van der Waals surface area contributed by atoms with Gasteiger partial charge in [-0.25, -0.2) is 0 Å². The SMILES string of the molecule is CCCOCCc1nnc(CCNC2CC2)o1. The highest BCUT2D eigenvalue weighted by Gasteiger charge is 2.20. The van der Waals surface area contributed by atoms with Gasteiger partial charge < -0.3 is 14.5 Å². The molecule has 5 heteroatoms. The van der Waals surface area contributed by atoms with Crippen molar-refractivity contribution < 1.29 is 9.15 Å². The Kier molecular flexibility index (Phi) is 4.94. The first kappa shape index (κ1) is 12.5. The second kappa shape index (κ2) is 6.71. The van der Waals surface area contributed by atoms with E-state index in [9.17, 15) is 0 Å². The van der Waals surface area contributed by atoms with Crippen LogP contribution in [-0.2, 0) is 17.6 Å². The van der Waals surface area contributed by atoms with E-state index in [4.69, 9.17) is 9.15 Å². The molecule has 1 aliphatic rings. The number of aromatic nitrogens is 2. The van der Waals surface area contributed by atoms with E-state index in [0.717, 1.165) is 37.9 Å². The number of hydrogen-bond donors (Lipinski definition) is 1. The van der Waals surface area contributed by atoms with Gasteiger partial charge in [-0.3, -0.25) is 0 Å². The number of nitrogens with zero attached hydrogens (tertiary/aromatic N) is 2. The molecule has 1 aliphatic carbocycles. The van der Waals surface area contributed by atoms with Crippen LogP contribution in [-0.4, -0.2) is 36.0 Å². The molecule has 2 rings (SSSR count). The van der Waals surface area contributed by atoms with Gasteiger partial charge in [-0.1, -0.05) is 6.92 Å². The molecule has 0 amide bonds. The zero-order chi connectivity index (χ0) is 11.9. The summed E-state index contributed by atoms with van der Waals surface area (Å²) in [5.74, 6) is 1.41. The largest absolute Gasteiger partial charge is 0.425 e. The van der Waals surface area contributed by atoms with Crippen molar-refractivity contribution in [2.45, 2.75) is 45.1 Å². The standard InChI is InChI=1S/C12H21N3O2/c1-2-8-16-9-6-12-15-14-11(17-12)5-7-13-10-3-4-10/h10,13H,2-9H2,1H3. The molecular weight excluding hydrogens is 218 g/mol. The second-order valence-electron chi connectivity index (χ2n) is 4.43. The van der Waals surface area contributed by atoms with E-state index in [-0.39, 0.29) is 0 Å². The minimum absolute atomic E-state index is 0.662. The molecule has 1 N–H and O–H groups in total. The van der Waals surface area contributed by atoms with Crippen molar-refractivity contribution >= 4 is 0 Å². The molecule has 1 aromatic heterocycles. The number of rotatable bonds is 9. The lowest BCUT2D eigenvalue weighted by Crippen LogP contribution is -2.19. The number of hydrogen-bond acceptors (Lipinski definition) is 5. The quantitative estimate of drug-likeness (QED) is 0.659. The highest BCUT2D eigenvalue weighted by molar-refractivity contribution is 4.86. The predicted octanol–water partition coefficient (Wildman–Crippen LogP) is 1.33. The summed E-state index contributed by atoms with van der Waals surface area (Å²) in [6.07, 6.45) is 5.19. The lowest BCUT2D eigenvalue weighted by molar-refractivity contribution is 0.133. The summed E-state index contributed by atoms with van der Waals surface area (Å²) in [5.41, 5.74) is 0. The van der Waals surface area contributed by atoms with Crippen LogP contribution in [0, 0.1) is 0 Å². The summed E-state index contributed by atoms with van der Waals surface area (Å²) >= 11 is 0. The van der Waals surface area contributed by atoms with Crippen molar-refractivity contribution in [1.82, 2.24) is 15.5 Å². The maximum Gasteiger partial charge on any atom is 0.218 e. The maximum absolute atomic E-state index is 5.52. The minimum atomic E-state index is 0.662. The number of ether oxygens (including phenoxy) is 1. The molecule has 0 aromatic carbocycles. The van der Waals surface area contributed by atoms with E-state index in [1.165, 1.54) is 12.8 Å². The average Bonchev–Trinajstić information content (AvgIpc) is 3.04. The van der Waals surface area contributed by atoms with Crippen LogP contribution in [0.25, 0.3) is 0 Å². The Balaban J connectivity index is 1.60. The Hall–Kier alpha value is -0.940. The molecule has 1 heterocycles. The Labute approximate surface area is 102 Å². The van der Waals surface area contributed by atoms with Crippen LogP contribution < -0.4 is 5.32 Å². The molecular formula is C12H21N3O2. The minimum Gasteiger partial charge on any atom is -0.425 e. The van der Waals surface area contributed by atoms with Crippen LogP contribution in [0.4, 0.5) is 0 Å². The van der Waals surface area contributed by atoms with Crippen molar-refractivity contribution in [2.24, 2.45) is 0 Å². The third-order valence-electron chi connectivity index (χ3n) is 2.67. The van der Waals surface area contributed by atoms with Crippen LogP contribution >= 0.6 is 0 Å². The van der Waals surface area contributed by atoms with Crippen LogP contribution in [0.3, 0.4) is 0 Å². The molecule has 0 unspecified atom stereocenters. The normalized spacial score (nSPS) is 15.4. The molecule has 1 aromatic rings. The summed E-state index contributed by atoms with van der Waals surface area (Å²) in [5, 5.41) is 11.4. The van der Waals surface area contributed by atoms with Crippen LogP contribution in [0.15, 0.2) is 4.42 Å². The van der Waals surface area contributed by atoms with E-state index in [1.807, 2.05) is 0 Å². The van der Waals surface area contributed by atoms with Crippen LogP contribution in [0.5, 0.6) is 0 Å². The van der Waals surface area contributed by atoms with E-state index < -0.39 is 0 Å². The monoisotopic (exact) mass is 239 g/mol. The molecule has 0 bridgehead atoms. The zero-order valence-electron chi connectivity index (χ0n) is 10.4. The predicted molar refractivity (Wildman–Crippen MR) is 63.8 cm³/mol. The first-order chi connectivity index (χ1) is 8.38. The summed E-state index contributed by atoms with van der Waals surface area (Å²) in [6, 6.07) is 0.736. The van der Waals surface area contributed by atoms with Gasteiger partial charge in [0.05, 0.1) is 6.61 Å². The Bertz CT molecular complexity index is 323. The summed E-state index contributed by atoms with van der Waals surface area (Å²) in [7, 11) is 0. The van der Waals surface area contributed by atoms with Crippen LogP contribution in [0.1, 0.15) is 38.0 Å². The van der Waals surface area contributed by atoms with Gasteiger partial charge in [0, 0.05) is 32.0 Å². The third kappa shape index (κ3) is 4.83. The van der Waals surface area contributed by atoms with Gasteiger partial charge in [0.15, 0.2) is 0 Å². The van der Waals surface area contributed by atoms with E-state index >= 15 is 0 Å². The fourth-order valence-electron chi connectivity index (χ4n) is 1.57. The first-order valence-electron chi connectivity index (χ1n) is 6.51. The molecule has 0 spiro atoms. The van der Waals surface area contributed by atoms with Gasteiger partial charge >= 0.3 is 0 Å². The summed E-state index contributed by atoms with van der Waals surface area (Å²) < 4.78 is 10.9. The molecule has 17 heavy (non-hydrogen) atoms. The van der Waals surface area contributed by atoms with Gasteiger partial charge in [-0.2, -0.15) is 0 Å². The van der Waals surface area contributed by atoms with Gasteiger partial charge in [0.2, 0.25) is 11.8 Å². The molecule has 0 radical (unpaired) electrons. The van der Waals surface area contributed by atoms with Crippen molar-refractivity contribution in [3.63, 3.8) is 0 Å². The molecule has 1 fully saturated rings. The molecule has 1 saturated carbocycles.